The van der Waals surface area contributed by atoms with Gasteiger partial charge in [-0.05, 0) is 36.1 Å². The van der Waals surface area contributed by atoms with E-state index in [4.69, 9.17) is 9.47 Å². The van der Waals surface area contributed by atoms with Crippen molar-refractivity contribution >= 4 is 17.3 Å². The van der Waals surface area contributed by atoms with Gasteiger partial charge in [0.15, 0.2) is 5.96 Å². The van der Waals surface area contributed by atoms with E-state index in [1.807, 2.05) is 12.1 Å². The first kappa shape index (κ1) is 19.3. The fraction of sp³-hybridized carbons (Fsp3) is 0.421. The molecule has 0 aliphatic rings. The maximum absolute atomic E-state index is 5.74. The lowest BCUT2D eigenvalue weighted by atomic mass is 10.2. The minimum absolute atomic E-state index is 0.224. The molecule has 1 aromatic carbocycles. The molecule has 5 nitrogen and oxygen atoms in total. The third kappa shape index (κ3) is 6.76. The first-order chi connectivity index (χ1) is 12.2. The van der Waals surface area contributed by atoms with E-state index >= 15 is 0 Å². The molecule has 2 aromatic rings. The summed E-state index contributed by atoms with van der Waals surface area (Å²) in [7, 11) is 3.48. The SMILES string of the molecule is CN=C(NCc1cccc(OCCCOC)c1)NC(C)c1cccs1. The Morgan fingerprint density at radius 3 is 2.84 bits per heavy atom. The van der Waals surface area contributed by atoms with Gasteiger partial charge in [0.2, 0.25) is 0 Å². The number of thiophene rings is 1. The van der Waals surface area contributed by atoms with E-state index in [0.29, 0.717) is 19.8 Å². The van der Waals surface area contributed by atoms with Gasteiger partial charge in [-0.3, -0.25) is 4.99 Å². The number of hydrogen-bond acceptors (Lipinski definition) is 4. The highest BCUT2D eigenvalue weighted by Crippen LogP contribution is 2.18. The third-order valence-electron chi connectivity index (χ3n) is 3.67. The molecule has 0 saturated carbocycles. The number of methoxy groups -OCH3 is 1. The molecular weight excluding hydrogens is 334 g/mol. The molecule has 0 spiro atoms. The lowest BCUT2D eigenvalue weighted by Gasteiger charge is -2.17. The molecule has 2 N–H and O–H groups in total. The Morgan fingerprint density at radius 1 is 1.24 bits per heavy atom. The van der Waals surface area contributed by atoms with Crippen LogP contribution in [0, 0.1) is 0 Å². The van der Waals surface area contributed by atoms with Gasteiger partial charge >= 0.3 is 0 Å². The van der Waals surface area contributed by atoms with Gasteiger partial charge in [-0.15, -0.1) is 11.3 Å². The average Bonchev–Trinajstić information content (AvgIpc) is 3.17. The lowest BCUT2D eigenvalue weighted by molar-refractivity contribution is 0.172. The summed E-state index contributed by atoms with van der Waals surface area (Å²) in [5, 5.41) is 8.84. The van der Waals surface area contributed by atoms with Crippen molar-refractivity contribution in [1.29, 1.82) is 0 Å². The second-order valence-corrected chi connectivity index (χ2v) is 6.63. The van der Waals surface area contributed by atoms with Gasteiger partial charge in [0.25, 0.3) is 0 Å². The zero-order chi connectivity index (χ0) is 17.9. The van der Waals surface area contributed by atoms with Crippen LogP contribution in [0.1, 0.15) is 29.8 Å². The van der Waals surface area contributed by atoms with Crippen LogP contribution in [0.3, 0.4) is 0 Å². The van der Waals surface area contributed by atoms with Crippen molar-refractivity contribution in [3.8, 4) is 5.75 Å². The second kappa shape index (κ2) is 10.7. The van der Waals surface area contributed by atoms with Crippen LogP contribution in [0.25, 0.3) is 0 Å². The molecule has 0 fully saturated rings. The smallest absolute Gasteiger partial charge is 0.191 e. The number of nitrogens with zero attached hydrogens (tertiary/aromatic N) is 1. The second-order valence-electron chi connectivity index (χ2n) is 5.65. The van der Waals surface area contributed by atoms with Crippen LogP contribution >= 0.6 is 11.3 Å². The lowest BCUT2D eigenvalue weighted by Crippen LogP contribution is -2.38. The Labute approximate surface area is 154 Å². The Kier molecular flexibility index (Phi) is 8.28. The molecule has 6 heteroatoms. The molecular formula is C19H27N3O2S. The molecule has 0 aliphatic carbocycles. The van der Waals surface area contributed by atoms with E-state index in [9.17, 15) is 0 Å². The Balaban J connectivity index is 1.82. The van der Waals surface area contributed by atoms with Crippen LogP contribution in [0.2, 0.25) is 0 Å². The molecule has 1 heterocycles. The number of nitrogens with one attached hydrogen (secondary N) is 2. The predicted molar refractivity (Wildman–Crippen MR) is 104 cm³/mol. The van der Waals surface area contributed by atoms with Crippen LogP contribution < -0.4 is 15.4 Å². The topological polar surface area (TPSA) is 54.9 Å². The normalized spacial score (nSPS) is 12.7. The predicted octanol–water partition coefficient (Wildman–Crippen LogP) is 3.59. The third-order valence-corrected chi connectivity index (χ3v) is 4.72. The fourth-order valence-electron chi connectivity index (χ4n) is 2.33. The summed E-state index contributed by atoms with van der Waals surface area (Å²) in [5.74, 6) is 1.66. The van der Waals surface area contributed by atoms with Gasteiger partial charge in [0.05, 0.1) is 12.6 Å². The van der Waals surface area contributed by atoms with Gasteiger partial charge in [-0.1, -0.05) is 18.2 Å². The molecule has 1 atom stereocenters. The molecule has 136 valence electrons. The van der Waals surface area contributed by atoms with Gasteiger partial charge in [0, 0.05) is 38.6 Å². The fourth-order valence-corrected chi connectivity index (χ4v) is 3.07. The first-order valence-corrected chi connectivity index (χ1v) is 9.32. The number of aliphatic imine (C=N–C) groups is 1. The van der Waals surface area contributed by atoms with E-state index in [1.54, 1.807) is 25.5 Å². The highest BCUT2D eigenvalue weighted by Gasteiger charge is 2.08. The highest BCUT2D eigenvalue weighted by atomic mass is 32.1. The highest BCUT2D eigenvalue weighted by molar-refractivity contribution is 7.10. The molecule has 0 radical (unpaired) electrons. The zero-order valence-electron chi connectivity index (χ0n) is 15.1. The monoisotopic (exact) mass is 361 g/mol. The molecule has 1 aromatic heterocycles. The quantitative estimate of drug-likeness (QED) is 0.407. The largest absolute Gasteiger partial charge is 0.493 e. The average molecular weight is 362 g/mol. The minimum Gasteiger partial charge on any atom is -0.493 e. The maximum Gasteiger partial charge on any atom is 0.191 e. The Hall–Kier alpha value is -2.05. The van der Waals surface area contributed by atoms with Crippen molar-refractivity contribution in [3.05, 3.63) is 52.2 Å². The van der Waals surface area contributed by atoms with Crippen molar-refractivity contribution in [3.63, 3.8) is 0 Å². The van der Waals surface area contributed by atoms with Crippen LogP contribution in [-0.4, -0.2) is 33.3 Å². The van der Waals surface area contributed by atoms with Gasteiger partial charge in [0.1, 0.15) is 5.75 Å². The van der Waals surface area contributed by atoms with Gasteiger partial charge in [-0.2, -0.15) is 0 Å². The molecule has 0 saturated heterocycles. The van der Waals surface area contributed by atoms with Crippen molar-refractivity contribution < 1.29 is 9.47 Å². The summed E-state index contributed by atoms with van der Waals surface area (Å²) in [6.07, 6.45) is 0.885. The summed E-state index contributed by atoms with van der Waals surface area (Å²) in [6, 6.07) is 12.5. The Morgan fingerprint density at radius 2 is 2.12 bits per heavy atom. The standard InChI is InChI=1S/C19H27N3O2S/c1-15(18-9-5-12-25-18)22-19(20-2)21-14-16-7-4-8-17(13-16)24-11-6-10-23-3/h4-5,7-9,12-13,15H,6,10-11,14H2,1-3H3,(H2,20,21,22). The van der Waals surface area contributed by atoms with Crippen molar-refractivity contribution in [2.24, 2.45) is 4.99 Å². The van der Waals surface area contributed by atoms with Crippen LogP contribution in [0.4, 0.5) is 0 Å². The maximum atomic E-state index is 5.74. The van der Waals surface area contributed by atoms with Gasteiger partial charge < -0.3 is 20.1 Å². The Bertz CT molecular complexity index is 644. The van der Waals surface area contributed by atoms with Gasteiger partial charge in [-0.25, -0.2) is 0 Å². The number of guanidine groups is 1. The minimum atomic E-state index is 0.224. The number of benzene rings is 1. The summed E-state index contributed by atoms with van der Waals surface area (Å²) >= 11 is 1.74. The molecule has 2 rings (SSSR count). The van der Waals surface area contributed by atoms with Crippen LogP contribution in [0.15, 0.2) is 46.8 Å². The molecule has 25 heavy (non-hydrogen) atoms. The van der Waals surface area contributed by atoms with E-state index in [-0.39, 0.29) is 6.04 Å². The number of ether oxygens (including phenoxy) is 2. The summed E-state index contributed by atoms with van der Waals surface area (Å²) in [4.78, 5) is 5.59. The van der Waals surface area contributed by atoms with Crippen molar-refractivity contribution in [2.45, 2.75) is 25.9 Å². The molecule has 0 bridgehead atoms. The summed E-state index contributed by atoms with van der Waals surface area (Å²) < 4.78 is 10.8. The number of hydrogen-bond donors (Lipinski definition) is 2. The van der Waals surface area contributed by atoms with E-state index < -0.39 is 0 Å². The van der Waals surface area contributed by atoms with E-state index in [1.165, 1.54) is 4.88 Å². The summed E-state index contributed by atoms with van der Waals surface area (Å²) in [5.41, 5.74) is 1.15. The van der Waals surface area contributed by atoms with Crippen molar-refractivity contribution in [1.82, 2.24) is 10.6 Å². The first-order valence-electron chi connectivity index (χ1n) is 8.44. The van der Waals surface area contributed by atoms with E-state index in [2.05, 4.69) is 52.2 Å². The molecule has 1 unspecified atom stereocenters. The van der Waals surface area contributed by atoms with Crippen LogP contribution in [-0.2, 0) is 11.3 Å². The summed E-state index contributed by atoms with van der Waals surface area (Å²) in [6.45, 7) is 4.19. The zero-order valence-corrected chi connectivity index (χ0v) is 15.9. The van der Waals surface area contributed by atoms with Crippen molar-refractivity contribution in [2.75, 3.05) is 27.4 Å². The number of rotatable bonds is 9. The molecule has 0 aliphatic heterocycles. The molecule has 0 amide bonds. The van der Waals surface area contributed by atoms with E-state index in [0.717, 1.165) is 23.7 Å². The van der Waals surface area contributed by atoms with Crippen LogP contribution in [0.5, 0.6) is 5.75 Å².